The molecular weight excluding hydrogens is 262 g/mol. The van der Waals surface area contributed by atoms with E-state index in [9.17, 15) is 0 Å². The molecule has 2 heterocycles. The van der Waals surface area contributed by atoms with Gasteiger partial charge in [-0.1, -0.05) is 17.7 Å². The predicted molar refractivity (Wildman–Crippen MR) is 84.6 cm³/mol. The second kappa shape index (κ2) is 6.07. The maximum absolute atomic E-state index is 6.01. The fourth-order valence-corrected chi connectivity index (χ4v) is 3.80. The Labute approximate surface area is 128 Å². The number of aryl methyl sites for hydroxylation is 3. The summed E-state index contributed by atoms with van der Waals surface area (Å²) in [5.74, 6) is 0. The Bertz CT molecular complexity index is 483. The van der Waals surface area contributed by atoms with E-state index in [-0.39, 0.29) is 5.60 Å². The lowest BCUT2D eigenvalue weighted by Crippen LogP contribution is -2.47. The Morgan fingerprint density at radius 1 is 1.19 bits per heavy atom. The van der Waals surface area contributed by atoms with Gasteiger partial charge < -0.3 is 14.8 Å². The van der Waals surface area contributed by atoms with Gasteiger partial charge in [0.05, 0.1) is 12.2 Å². The second-order valence-corrected chi connectivity index (χ2v) is 6.78. The van der Waals surface area contributed by atoms with Gasteiger partial charge in [0.1, 0.15) is 0 Å². The molecule has 2 fully saturated rings. The highest BCUT2D eigenvalue weighted by Gasteiger charge is 2.40. The highest BCUT2D eigenvalue weighted by Crippen LogP contribution is 2.33. The van der Waals surface area contributed by atoms with Crippen molar-refractivity contribution >= 4 is 0 Å². The Kier molecular flexibility index (Phi) is 4.34. The van der Waals surface area contributed by atoms with Crippen LogP contribution in [0, 0.1) is 20.8 Å². The number of hydrogen-bond acceptors (Lipinski definition) is 3. The summed E-state index contributed by atoms with van der Waals surface area (Å²) in [5, 5.41) is 3.75. The highest BCUT2D eigenvalue weighted by molar-refractivity contribution is 5.37. The van der Waals surface area contributed by atoms with Crippen LogP contribution in [-0.4, -0.2) is 31.5 Å². The van der Waals surface area contributed by atoms with Crippen LogP contribution < -0.4 is 5.32 Å². The molecule has 2 aliphatic heterocycles. The molecule has 0 aromatic heterocycles. The highest BCUT2D eigenvalue weighted by atomic mass is 16.6. The summed E-state index contributed by atoms with van der Waals surface area (Å²) in [7, 11) is 0. The van der Waals surface area contributed by atoms with Gasteiger partial charge >= 0.3 is 0 Å². The van der Waals surface area contributed by atoms with Crippen molar-refractivity contribution in [3.05, 3.63) is 34.4 Å². The van der Waals surface area contributed by atoms with E-state index >= 15 is 0 Å². The fourth-order valence-electron chi connectivity index (χ4n) is 3.80. The van der Waals surface area contributed by atoms with Crippen molar-refractivity contribution in [2.24, 2.45) is 0 Å². The molecule has 3 nitrogen and oxygen atoms in total. The molecule has 3 heteroatoms. The monoisotopic (exact) mass is 289 g/mol. The fraction of sp³-hybridized carbons (Fsp3) is 0.667. The molecule has 2 aliphatic rings. The van der Waals surface area contributed by atoms with Gasteiger partial charge in [0.2, 0.25) is 0 Å². The van der Waals surface area contributed by atoms with Crippen LogP contribution in [0.2, 0.25) is 0 Å². The van der Waals surface area contributed by atoms with Crippen LogP contribution >= 0.6 is 0 Å². The quantitative estimate of drug-likeness (QED) is 0.928. The molecule has 0 saturated carbocycles. The zero-order valence-electron chi connectivity index (χ0n) is 13.5. The summed E-state index contributed by atoms with van der Waals surface area (Å²) < 4.78 is 11.6. The molecule has 0 unspecified atom stereocenters. The number of hydrogen-bond donors (Lipinski definition) is 1. The van der Waals surface area contributed by atoms with E-state index in [1.54, 1.807) is 0 Å². The Hall–Kier alpha value is -0.900. The number of benzene rings is 1. The summed E-state index contributed by atoms with van der Waals surface area (Å²) in [6.07, 6.45) is 3.23. The molecule has 116 valence electrons. The Balaban J connectivity index is 1.62. The maximum Gasteiger partial charge on any atom is 0.0951 e. The maximum atomic E-state index is 6.01. The van der Waals surface area contributed by atoms with Crippen LogP contribution in [0.5, 0.6) is 0 Å². The van der Waals surface area contributed by atoms with Gasteiger partial charge in [-0.3, -0.25) is 0 Å². The molecule has 21 heavy (non-hydrogen) atoms. The number of nitrogens with one attached hydrogen (secondary N) is 1. The summed E-state index contributed by atoms with van der Waals surface area (Å²) in [5.41, 5.74) is 5.58. The molecule has 0 aliphatic carbocycles. The third-order valence-electron chi connectivity index (χ3n) is 4.97. The van der Waals surface area contributed by atoms with Gasteiger partial charge in [0.15, 0.2) is 0 Å². The van der Waals surface area contributed by atoms with Crippen LogP contribution in [0.1, 0.15) is 41.5 Å². The molecule has 2 atom stereocenters. The standard InChI is InChI=1S/C18H27NO2/c1-13-8-14(2)17(15(3)9-13)11-19-16-4-6-21-18(10-16)5-7-20-12-18/h8-9,16,19H,4-7,10-12H2,1-3H3/t16-,18-/m1/s1. The summed E-state index contributed by atoms with van der Waals surface area (Å²) in [4.78, 5) is 0. The van der Waals surface area contributed by atoms with Crippen LogP contribution in [0.25, 0.3) is 0 Å². The van der Waals surface area contributed by atoms with E-state index in [2.05, 4.69) is 38.2 Å². The van der Waals surface area contributed by atoms with Gasteiger partial charge in [-0.15, -0.1) is 0 Å². The first kappa shape index (κ1) is 15.0. The van der Waals surface area contributed by atoms with Gasteiger partial charge in [-0.25, -0.2) is 0 Å². The van der Waals surface area contributed by atoms with Crippen molar-refractivity contribution in [3.8, 4) is 0 Å². The second-order valence-electron chi connectivity index (χ2n) is 6.78. The van der Waals surface area contributed by atoms with Crippen molar-refractivity contribution in [1.82, 2.24) is 5.32 Å². The first-order valence-electron chi connectivity index (χ1n) is 8.10. The number of ether oxygens (including phenoxy) is 2. The normalized spacial score (nSPS) is 29.2. The summed E-state index contributed by atoms with van der Waals surface area (Å²) in [6.45, 7) is 10.0. The molecule has 3 rings (SSSR count). The third-order valence-corrected chi connectivity index (χ3v) is 4.97. The first-order valence-corrected chi connectivity index (χ1v) is 8.10. The third kappa shape index (κ3) is 3.31. The molecular formula is C18H27NO2. The molecule has 1 aromatic carbocycles. The minimum Gasteiger partial charge on any atom is -0.378 e. The van der Waals surface area contributed by atoms with E-state index in [1.165, 1.54) is 22.3 Å². The van der Waals surface area contributed by atoms with Crippen LogP contribution in [0.15, 0.2) is 12.1 Å². The molecule has 1 aromatic rings. The van der Waals surface area contributed by atoms with Crippen molar-refractivity contribution in [3.63, 3.8) is 0 Å². The minimum absolute atomic E-state index is 0.00666. The van der Waals surface area contributed by atoms with Crippen LogP contribution in [0.3, 0.4) is 0 Å². The molecule has 0 amide bonds. The van der Waals surface area contributed by atoms with Crippen molar-refractivity contribution in [1.29, 1.82) is 0 Å². The van der Waals surface area contributed by atoms with Crippen molar-refractivity contribution in [2.45, 2.75) is 58.2 Å². The molecule has 0 bridgehead atoms. The van der Waals surface area contributed by atoms with E-state index < -0.39 is 0 Å². The lowest BCUT2D eigenvalue weighted by molar-refractivity contribution is -0.0894. The molecule has 2 saturated heterocycles. The largest absolute Gasteiger partial charge is 0.378 e. The van der Waals surface area contributed by atoms with Gasteiger partial charge in [-0.2, -0.15) is 0 Å². The van der Waals surface area contributed by atoms with Gasteiger partial charge in [0, 0.05) is 32.2 Å². The zero-order valence-corrected chi connectivity index (χ0v) is 13.5. The average molecular weight is 289 g/mol. The lowest BCUT2D eigenvalue weighted by atomic mass is 9.89. The Morgan fingerprint density at radius 2 is 1.95 bits per heavy atom. The SMILES string of the molecule is Cc1cc(C)c(CN[C@@H]2CCO[C@]3(CCOC3)C2)c(C)c1. The van der Waals surface area contributed by atoms with Crippen LogP contribution in [0.4, 0.5) is 0 Å². The summed E-state index contributed by atoms with van der Waals surface area (Å²) >= 11 is 0. The first-order chi connectivity index (χ1) is 10.1. The minimum atomic E-state index is -0.00666. The van der Waals surface area contributed by atoms with Crippen LogP contribution in [-0.2, 0) is 16.0 Å². The van der Waals surface area contributed by atoms with E-state index in [0.717, 1.165) is 45.6 Å². The zero-order chi connectivity index (χ0) is 14.9. The van der Waals surface area contributed by atoms with Crippen molar-refractivity contribution in [2.75, 3.05) is 19.8 Å². The Morgan fingerprint density at radius 3 is 2.62 bits per heavy atom. The topological polar surface area (TPSA) is 30.5 Å². The number of rotatable bonds is 3. The molecule has 1 N–H and O–H groups in total. The molecule has 0 radical (unpaired) electrons. The predicted octanol–water partition coefficient (Wildman–Crippen LogP) is 3.04. The smallest absolute Gasteiger partial charge is 0.0951 e. The van der Waals surface area contributed by atoms with E-state index in [1.807, 2.05) is 0 Å². The summed E-state index contributed by atoms with van der Waals surface area (Å²) in [6, 6.07) is 5.10. The average Bonchev–Trinajstić information content (AvgIpc) is 2.85. The van der Waals surface area contributed by atoms with Gasteiger partial charge in [0.25, 0.3) is 0 Å². The van der Waals surface area contributed by atoms with Crippen molar-refractivity contribution < 1.29 is 9.47 Å². The van der Waals surface area contributed by atoms with E-state index in [0.29, 0.717) is 6.04 Å². The molecule has 1 spiro atoms. The van der Waals surface area contributed by atoms with E-state index in [4.69, 9.17) is 9.47 Å². The lowest BCUT2D eigenvalue weighted by Gasteiger charge is -2.37. The van der Waals surface area contributed by atoms with Gasteiger partial charge in [-0.05, 0) is 50.3 Å².